The highest BCUT2D eigenvalue weighted by atomic mass is 16.5. The van der Waals surface area contributed by atoms with Crippen LogP contribution in [0.15, 0.2) is 24.3 Å². The molecule has 24 heavy (non-hydrogen) atoms. The fourth-order valence-corrected chi connectivity index (χ4v) is 3.17. The summed E-state index contributed by atoms with van der Waals surface area (Å²) in [6.45, 7) is 2.24. The SMILES string of the molecule is COc1ccc2cc(C(=O)N3CCCCC3C(=O)O)c(C)nc2c1. The van der Waals surface area contributed by atoms with E-state index in [0.29, 0.717) is 30.0 Å². The van der Waals surface area contributed by atoms with Crippen LogP contribution in [-0.4, -0.2) is 46.6 Å². The number of pyridine rings is 1. The average molecular weight is 328 g/mol. The van der Waals surface area contributed by atoms with Gasteiger partial charge in [-0.15, -0.1) is 0 Å². The molecule has 126 valence electrons. The van der Waals surface area contributed by atoms with Gasteiger partial charge in [0, 0.05) is 18.0 Å². The quantitative estimate of drug-likeness (QED) is 0.937. The van der Waals surface area contributed by atoms with Gasteiger partial charge in [0.1, 0.15) is 11.8 Å². The van der Waals surface area contributed by atoms with E-state index in [1.165, 1.54) is 4.90 Å². The van der Waals surface area contributed by atoms with Gasteiger partial charge in [0.15, 0.2) is 0 Å². The number of carbonyl (C=O) groups excluding carboxylic acids is 1. The number of methoxy groups -OCH3 is 1. The van der Waals surface area contributed by atoms with Crippen molar-refractivity contribution in [3.8, 4) is 5.75 Å². The number of aliphatic carboxylic acids is 1. The fourth-order valence-electron chi connectivity index (χ4n) is 3.17. The third kappa shape index (κ3) is 2.91. The first kappa shape index (κ1) is 16.2. The predicted octanol–water partition coefficient (Wildman–Crippen LogP) is 2.63. The first-order valence-electron chi connectivity index (χ1n) is 8.00. The lowest BCUT2D eigenvalue weighted by Crippen LogP contribution is -2.48. The van der Waals surface area contributed by atoms with E-state index in [2.05, 4.69) is 4.98 Å². The Morgan fingerprint density at radius 2 is 2.08 bits per heavy atom. The standard InChI is InChI=1S/C18H20N2O4/c1-11-14(9-12-6-7-13(24-2)10-15(12)19-11)17(21)20-8-4-3-5-16(20)18(22)23/h6-7,9-10,16H,3-5,8H2,1-2H3,(H,22,23). The minimum atomic E-state index is -0.945. The molecule has 1 aliphatic heterocycles. The number of likely N-dealkylation sites (tertiary alicyclic amines) is 1. The molecule has 1 atom stereocenters. The largest absolute Gasteiger partial charge is 0.497 e. The Hall–Kier alpha value is -2.63. The topological polar surface area (TPSA) is 79.7 Å². The molecule has 0 saturated carbocycles. The molecule has 2 heterocycles. The van der Waals surface area contributed by atoms with Gasteiger partial charge in [-0.1, -0.05) is 0 Å². The van der Waals surface area contributed by atoms with Crippen LogP contribution in [0.4, 0.5) is 0 Å². The van der Waals surface area contributed by atoms with Gasteiger partial charge in [0.25, 0.3) is 5.91 Å². The molecule has 6 heteroatoms. The van der Waals surface area contributed by atoms with E-state index in [4.69, 9.17) is 4.74 Å². The summed E-state index contributed by atoms with van der Waals surface area (Å²) in [7, 11) is 1.59. The molecule has 1 aromatic heterocycles. The molecule has 1 N–H and O–H groups in total. The first-order valence-corrected chi connectivity index (χ1v) is 8.00. The Morgan fingerprint density at radius 1 is 1.29 bits per heavy atom. The molecule has 0 radical (unpaired) electrons. The van der Waals surface area contributed by atoms with Crippen molar-refractivity contribution in [3.63, 3.8) is 0 Å². The van der Waals surface area contributed by atoms with E-state index in [1.807, 2.05) is 18.2 Å². The molecule has 1 aliphatic rings. The Morgan fingerprint density at radius 3 is 2.79 bits per heavy atom. The lowest BCUT2D eigenvalue weighted by atomic mass is 10.00. The maximum Gasteiger partial charge on any atom is 0.326 e. The van der Waals surface area contributed by atoms with Crippen molar-refractivity contribution in [2.75, 3.05) is 13.7 Å². The predicted molar refractivity (Wildman–Crippen MR) is 89.3 cm³/mol. The van der Waals surface area contributed by atoms with Crippen LogP contribution in [0.1, 0.15) is 35.3 Å². The van der Waals surface area contributed by atoms with Crippen LogP contribution >= 0.6 is 0 Å². The molecular formula is C18H20N2O4. The maximum atomic E-state index is 12.9. The molecule has 1 saturated heterocycles. The van der Waals surface area contributed by atoms with Crippen LogP contribution in [0, 0.1) is 6.92 Å². The fraction of sp³-hybridized carbons (Fsp3) is 0.389. The summed E-state index contributed by atoms with van der Waals surface area (Å²) in [6, 6.07) is 6.51. The highest BCUT2D eigenvalue weighted by Crippen LogP contribution is 2.25. The zero-order valence-corrected chi connectivity index (χ0v) is 13.8. The number of hydrogen-bond donors (Lipinski definition) is 1. The zero-order valence-electron chi connectivity index (χ0n) is 13.8. The summed E-state index contributed by atoms with van der Waals surface area (Å²) in [6.07, 6.45) is 2.15. The molecule has 3 rings (SSSR count). The van der Waals surface area contributed by atoms with Gasteiger partial charge in [-0.3, -0.25) is 9.78 Å². The second-order valence-corrected chi connectivity index (χ2v) is 6.03. The van der Waals surface area contributed by atoms with Gasteiger partial charge in [-0.25, -0.2) is 4.79 Å². The third-order valence-corrected chi connectivity index (χ3v) is 4.49. The van der Waals surface area contributed by atoms with Crippen LogP contribution in [0.2, 0.25) is 0 Å². The van der Waals surface area contributed by atoms with Crippen LogP contribution in [0.3, 0.4) is 0 Å². The van der Waals surface area contributed by atoms with Gasteiger partial charge < -0.3 is 14.7 Å². The van der Waals surface area contributed by atoms with E-state index in [1.54, 1.807) is 20.1 Å². The Kier molecular flexibility index (Phi) is 4.38. The molecule has 6 nitrogen and oxygen atoms in total. The Labute approximate surface area is 140 Å². The summed E-state index contributed by atoms with van der Waals surface area (Å²) in [5, 5.41) is 10.2. The smallest absolute Gasteiger partial charge is 0.326 e. The molecule has 2 aromatic rings. The monoisotopic (exact) mass is 328 g/mol. The number of aromatic nitrogens is 1. The average Bonchev–Trinajstić information content (AvgIpc) is 2.60. The first-order chi connectivity index (χ1) is 11.5. The number of benzene rings is 1. The van der Waals surface area contributed by atoms with Crippen LogP contribution < -0.4 is 4.74 Å². The van der Waals surface area contributed by atoms with Gasteiger partial charge >= 0.3 is 5.97 Å². The third-order valence-electron chi connectivity index (χ3n) is 4.49. The maximum absolute atomic E-state index is 12.9. The van der Waals surface area contributed by atoms with E-state index in [0.717, 1.165) is 23.7 Å². The summed E-state index contributed by atoms with van der Waals surface area (Å²) in [4.78, 5) is 30.3. The lowest BCUT2D eigenvalue weighted by molar-refractivity contribution is -0.143. The number of amides is 1. The Balaban J connectivity index is 1.99. The zero-order chi connectivity index (χ0) is 17.3. The van der Waals surface area contributed by atoms with Crippen LogP contribution in [0.25, 0.3) is 10.9 Å². The molecule has 1 fully saturated rings. The number of rotatable bonds is 3. The van der Waals surface area contributed by atoms with Crippen LogP contribution in [-0.2, 0) is 4.79 Å². The number of carbonyl (C=O) groups is 2. The molecule has 0 spiro atoms. The van der Waals surface area contributed by atoms with Gasteiger partial charge in [-0.05, 0) is 44.4 Å². The molecule has 0 bridgehead atoms. The summed E-state index contributed by atoms with van der Waals surface area (Å²) >= 11 is 0. The minimum Gasteiger partial charge on any atom is -0.497 e. The molecule has 1 amide bonds. The number of carboxylic acid groups (broad SMARTS) is 1. The molecule has 1 aromatic carbocycles. The van der Waals surface area contributed by atoms with Crippen molar-refractivity contribution in [2.45, 2.75) is 32.2 Å². The van der Waals surface area contributed by atoms with E-state index < -0.39 is 12.0 Å². The number of ether oxygens (including phenoxy) is 1. The number of hydrogen-bond acceptors (Lipinski definition) is 4. The normalized spacial score (nSPS) is 17.8. The number of fused-ring (bicyclic) bond motifs is 1. The second-order valence-electron chi connectivity index (χ2n) is 6.03. The number of aryl methyl sites for hydroxylation is 1. The van der Waals surface area contributed by atoms with Gasteiger partial charge in [-0.2, -0.15) is 0 Å². The Bertz CT molecular complexity index is 803. The summed E-state index contributed by atoms with van der Waals surface area (Å²) in [5.74, 6) is -0.501. The van der Waals surface area contributed by atoms with E-state index >= 15 is 0 Å². The number of nitrogens with zero attached hydrogens (tertiary/aromatic N) is 2. The lowest BCUT2D eigenvalue weighted by Gasteiger charge is -2.33. The summed E-state index contributed by atoms with van der Waals surface area (Å²) < 4.78 is 5.20. The van der Waals surface area contributed by atoms with Crippen molar-refractivity contribution in [3.05, 3.63) is 35.5 Å². The molecule has 0 aliphatic carbocycles. The number of piperidine rings is 1. The van der Waals surface area contributed by atoms with Crippen molar-refractivity contribution < 1.29 is 19.4 Å². The number of carboxylic acids is 1. The van der Waals surface area contributed by atoms with Crippen molar-refractivity contribution in [2.24, 2.45) is 0 Å². The highest BCUT2D eigenvalue weighted by Gasteiger charge is 2.33. The van der Waals surface area contributed by atoms with Crippen molar-refractivity contribution in [1.82, 2.24) is 9.88 Å². The van der Waals surface area contributed by atoms with E-state index in [-0.39, 0.29) is 5.91 Å². The van der Waals surface area contributed by atoms with Crippen molar-refractivity contribution >= 4 is 22.8 Å². The van der Waals surface area contributed by atoms with Crippen molar-refractivity contribution in [1.29, 1.82) is 0 Å². The minimum absolute atomic E-state index is 0.259. The summed E-state index contributed by atoms with van der Waals surface area (Å²) in [5.41, 5.74) is 1.80. The van der Waals surface area contributed by atoms with E-state index in [9.17, 15) is 14.7 Å². The van der Waals surface area contributed by atoms with Gasteiger partial charge in [0.05, 0.1) is 23.9 Å². The van der Waals surface area contributed by atoms with Crippen LogP contribution in [0.5, 0.6) is 5.75 Å². The molecular weight excluding hydrogens is 308 g/mol. The second kappa shape index (κ2) is 6.47. The highest BCUT2D eigenvalue weighted by molar-refractivity contribution is 6.00. The van der Waals surface area contributed by atoms with Gasteiger partial charge in [0.2, 0.25) is 0 Å². The molecule has 1 unspecified atom stereocenters.